The van der Waals surface area contributed by atoms with E-state index < -0.39 is 15.9 Å². The number of ether oxygens (including phenoxy) is 1. The van der Waals surface area contributed by atoms with Gasteiger partial charge >= 0.3 is 0 Å². The lowest BCUT2D eigenvalue weighted by Crippen LogP contribution is -2.16. The standard InChI is InChI=1S/C18H16BrN3O5S/c1-11-9-16(27-21-11)18(23)20-14-7-8-15(26-2)17(10-14)28(24,25)22-13-5-3-12(19)4-6-13/h3-10,22H,1-2H3,(H,20,23). The molecule has 0 aliphatic rings. The first-order valence-electron chi connectivity index (χ1n) is 7.99. The smallest absolute Gasteiger partial charge is 0.294 e. The van der Waals surface area contributed by atoms with E-state index in [4.69, 9.17) is 9.26 Å². The highest BCUT2D eigenvalue weighted by molar-refractivity contribution is 9.10. The normalized spacial score (nSPS) is 11.1. The number of carbonyl (C=O) groups is 1. The molecular formula is C18H16BrN3O5S. The molecule has 1 heterocycles. The summed E-state index contributed by atoms with van der Waals surface area (Å²) in [6, 6.07) is 12.4. The van der Waals surface area contributed by atoms with Crippen LogP contribution in [0.1, 0.15) is 16.2 Å². The molecule has 1 amide bonds. The fourth-order valence-electron chi connectivity index (χ4n) is 2.36. The number of carbonyl (C=O) groups excluding carboxylic acids is 1. The summed E-state index contributed by atoms with van der Waals surface area (Å²) >= 11 is 3.30. The topological polar surface area (TPSA) is 111 Å². The van der Waals surface area contributed by atoms with Crippen LogP contribution in [0.25, 0.3) is 0 Å². The minimum Gasteiger partial charge on any atom is -0.495 e. The number of hydrogen-bond donors (Lipinski definition) is 2. The third kappa shape index (κ3) is 4.52. The maximum atomic E-state index is 12.8. The van der Waals surface area contributed by atoms with Gasteiger partial charge in [0.1, 0.15) is 10.6 Å². The molecule has 28 heavy (non-hydrogen) atoms. The van der Waals surface area contributed by atoms with Crippen LogP contribution in [0, 0.1) is 6.92 Å². The number of sulfonamides is 1. The molecule has 1 aromatic heterocycles. The zero-order chi connectivity index (χ0) is 20.3. The van der Waals surface area contributed by atoms with Gasteiger partial charge in [0.2, 0.25) is 5.76 Å². The van der Waals surface area contributed by atoms with Crippen LogP contribution >= 0.6 is 15.9 Å². The molecule has 0 bridgehead atoms. The number of rotatable bonds is 6. The van der Waals surface area contributed by atoms with E-state index in [-0.39, 0.29) is 22.1 Å². The monoisotopic (exact) mass is 465 g/mol. The molecular weight excluding hydrogens is 450 g/mol. The molecule has 0 unspecified atom stereocenters. The lowest BCUT2D eigenvalue weighted by Gasteiger charge is -2.13. The van der Waals surface area contributed by atoms with Crippen LogP contribution in [0.2, 0.25) is 0 Å². The minimum absolute atomic E-state index is 0.0192. The van der Waals surface area contributed by atoms with Crippen LogP contribution in [-0.4, -0.2) is 26.6 Å². The van der Waals surface area contributed by atoms with E-state index in [0.717, 1.165) is 4.47 Å². The number of aromatic nitrogens is 1. The zero-order valence-corrected chi connectivity index (χ0v) is 17.3. The van der Waals surface area contributed by atoms with E-state index in [9.17, 15) is 13.2 Å². The van der Waals surface area contributed by atoms with E-state index in [0.29, 0.717) is 11.4 Å². The molecule has 3 aromatic rings. The first-order valence-corrected chi connectivity index (χ1v) is 10.3. The summed E-state index contributed by atoms with van der Waals surface area (Å²) in [6.07, 6.45) is 0. The Labute approximate surface area is 170 Å². The Kier molecular flexibility index (Phi) is 5.71. The van der Waals surface area contributed by atoms with Crippen LogP contribution in [0.4, 0.5) is 11.4 Å². The number of amides is 1. The van der Waals surface area contributed by atoms with E-state index in [1.54, 1.807) is 31.2 Å². The van der Waals surface area contributed by atoms with Crippen molar-refractivity contribution in [3.63, 3.8) is 0 Å². The Morgan fingerprint density at radius 2 is 1.79 bits per heavy atom. The van der Waals surface area contributed by atoms with Gasteiger partial charge in [-0.1, -0.05) is 21.1 Å². The minimum atomic E-state index is -3.97. The second-order valence-corrected chi connectivity index (χ2v) is 8.33. The fraction of sp³-hybridized carbons (Fsp3) is 0.111. The summed E-state index contributed by atoms with van der Waals surface area (Å²) < 4.78 is 39.0. The molecule has 2 aromatic carbocycles. The van der Waals surface area contributed by atoms with Crippen molar-refractivity contribution in [1.29, 1.82) is 0 Å². The zero-order valence-electron chi connectivity index (χ0n) is 14.9. The molecule has 0 radical (unpaired) electrons. The molecule has 0 saturated heterocycles. The summed E-state index contributed by atoms with van der Waals surface area (Å²) in [5, 5.41) is 6.23. The average molecular weight is 466 g/mol. The Morgan fingerprint density at radius 1 is 1.11 bits per heavy atom. The van der Waals surface area contributed by atoms with Crippen molar-refractivity contribution in [2.24, 2.45) is 0 Å². The number of nitrogens with zero attached hydrogens (tertiary/aromatic N) is 1. The van der Waals surface area contributed by atoms with Gasteiger partial charge in [0.15, 0.2) is 0 Å². The molecule has 8 nitrogen and oxygen atoms in total. The van der Waals surface area contributed by atoms with Crippen LogP contribution < -0.4 is 14.8 Å². The quantitative estimate of drug-likeness (QED) is 0.572. The Hall–Kier alpha value is -2.85. The SMILES string of the molecule is COc1ccc(NC(=O)c2cc(C)no2)cc1S(=O)(=O)Nc1ccc(Br)cc1. The maximum Gasteiger partial charge on any atom is 0.294 e. The van der Waals surface area contributed by atoms with Gasteiger partial charge in [0.25, 0.3) is 15.9 Å². The van der Waals surface area contributed by atoms with Crippen LogP contribution in [0.15, 0.2) is 62.4 Å². The molecule has 10 heteroatoms. The molecule has 0 spiro atoms. The average Bonchev–Trinajstić information content (AvgIpc) is 3.10. The molecule has 0 fully saturated rings. The van der Waals surface area contributed by atoms with Crippen molar-refractivity contribution in [3.05, 3.63) is 64.5 Å². The number of halogens is 1. The Balaban J connectivity index is 1.89. The van der Waals surface area contributed by atoms with Gasteiger partial charge in [-0.05, 0) is 49.4 Å². The van der Waals surface area contributed by atoms with E-state index in [2.05, 4.69) is 31.1 Å². The largest absolute Gasteiger partial charge is 0.495 e. The molecule has 3 rings (SSSR count). The summed E-state index contributed by atoms with van der Waals surface area (Å²) in [4.78, 5) is 12.1. The summed E-state index contributed by atoms with van der Waals surface area (Å²) in [6.45, 7) is 1.69. The molecule has 0 atom stereocenters. The van der Waals surface area contributed by atoms with Gasteiger partial charge in [-0.3, -0.25) is 9.52 Å². The maximum absolute atomic E-state index is 12.8. The van der Waals surface area contributed by atoms with Gasteiger partial charge in [-0.2, -0.15) is 0 Å². The van der Waals surface area contributed by atoms with Crippen molar-refractivity contribution < 1.29 is 22.5 Å². The van der Waals surface area contributed by atoms with Crippen LogP contribution in [0.5, 0.6) is 5.75 Å². The highest BCUT2D eigenvalue weighted by Crippen LogP contribution is 2.29. The summed E-state index contributed by atoms with van der Waals surface area (Å²) in [7, 11) is -2.60. The number of benzene rings is 2. The number of methoxy groups -OCH3 is 1. The van der Waals surface area contributed by atoms with Gasteiger partial charge in [-0.25, -0.2) is 8.42 Å². The van der Waals surface area contributed by atoms with E-state index >= 15 is 0 Å². The van der Waals surface area contributed by atoms with Crippen LogP contribution in [-0.2, 0) is 10.0 Å². The second-order valence-electron chi connectivity index (χ2n) is 5.76. The summed E-state index contributed by atoms with van der Waals surface area (Å²) in [5.41, 5.74) is 1.20. The Bertz CT molecular complexity index is 1110. The van der Waals surface area contributed by atoms with Crippen molar-refractivity contribution in [3.8, 4) is 5.75 Å². The third-order valence-corrected chi connectivity index (χ3v) is 5.59. The first-order chi connectivity index (χ1) is 13.3. The summed E-state index contributed by atoms with van der Waals surface area (Å²) in [5.74, 6) is -0.390. The fourth-order valence-corrected chi connectivity index (χ4v) is 3.87. The van der Waals surface area contributed by atoms with E-state index in [1.807, 2.05) is 0 Å². The number of nitrogens with one attached hydrogen (secondary N) is 2. The lowest BCUT2D eigenvalue weighted by molar-refractivity contribution is 0.0988. The predicted molar refractivity (Wildman–Crippen MR) is 107 cm³/mol. The third-order valence-electron chi connectivity index (χ3n) is 3.66. The molecule has 0 aliphatic carbocycles. The van der Waals surface area contributed by atoms with E-state index in [1.165, 1.54) is 31.4 Å². The second kappa shape index (κ2) is 8.03. The van der Waals surface area contributed by atoms with Crippen LogP contribution in [0.3, 0.4) is 0 Å². The van der Waals surface area contributed by atoms with Gasteiger partial charge < -0.3 is 14.6 Å². The highest BCUT2D eigenvalue weighted by atomic mass is 79.9. The van der Waals surface area contributed by atoms with Crippen molar-refractivity contribution >= 4 is 43.2 Å². The first kappa shape index (κ1) is 19.9. The molecule has 146 valence electrons. The highest BCUT2D eigenvalue weighted by Gasteiger charge is 2.21. The van der Waals surface area contributed by atoms with Gasteiger partial charge in [-0.15, -0.1) is 0 Å². The number of anilines is 2. The lowest BCUT2D eigenvalue weighted by atomic mass is 10.3. The van der Waals surface area contributed by atoms with Gasteiger partial charge in [0.05, 0.1) is 12.8 Å². The van der Waals surface area contributed by atoms with Crippen molar-refractivity contribution in [2.75, 3.05) is 17.1 Å². The van der Waals surface area contributed by atoms with Crippen molar-refractivity contribution in [1.82, 2.24) is 5.16 Å². The molecule has 0 saturated carbocycles. The molecule has 0 aliphatic heterocycles. The molecule has 2 N–H and O–H groups in total. The van der Waals surface area contributed by atoms with Gasteiger partial charge in [0, 0.05) is 21.9 Å². The Morgan fingerprint density at radius 3 is 2.39 bits per heavy atom. The predicted octanol–water partition coefficient (Wildman–Crippen LogP) is 3.81. The van der Waals surface area contributed by atoms with Crippen molar-refractivity contribution in [2.45, 2.75) is 11.8 Å². The number of aryl methyl sites for hydroxylation is 1. The number of hydrogen-bond acceptors (Lipinski definition) is 6.